The number of carbonyl (C=O) groups is 1. The molecule has 0 aliphatic carbocycles. The summed E-state index contributed by atoms with van der Waals surface area (Å²) in [6.07, 6.45) is -1.01. The minimum atomic E-state index is -1.34. The number of aromatic nitrogens is 2. The Kier molecular flexibility index (Phi) is 8.43. The van der Waals surface area contributed by atoms with Crippen LogP contribution in [0.2, 0.25) is 0 Å². The van der Waals surface area contributed by atoms with Crippen molar-refractivity contribution in [1.29, 1.82) is 0 Å². The predicted molar refractivity (Wildman–Crippen MR) is 164 cm³/mol. The lowest BCUT2D eigenvalue weighted by molar-refractivity contribution is -0.204. The standard InChI is InChI=1S/C34H35N3O8/c1-22(38)37(29-17-18-35-32(40)36-29)30-19-28-31(39)33(45-30,20-43-28)21-44-34(23-7-5-4-6-8-23,24-9-13-26(41-2)14-10-24)25-11-15-27(42-3)16-12-25/h4-18,28,30-31,39H,19-21H2,1-3H3,(H,35,36,40)/t28?,30-,31+,33+/m1/s1. The maximum absolute atomic E-state index is 12.9. The number of H-pyrrole nitrogens is 1. The molecule has 2 aliphatic rings. The number of aromatic amines is 1. The molecule has 2 N–H and O–H groups in total. The molecule has 11 nitrogen and oxygen atoms in total. The number of ether oxygens (including phenoxy) is 5. The van der Waals surface area contributed by atoms with Crippen LogP contribution in [0.3, 0.4) is 0 Å². The quantitative estimate of drug-likeness (QED) is 0.258. The molecule has 0 spiro atoms. The van der Waals surface area contributed by atoms with Gasteiger partial charge in [-0.2, -0.15) is 0 Å². The molecule has 1 amide bonds. The molecule has 11 heteroatoms. The van der Waals surface area contributed by atoms with Crippen LogP contribution in [0.5, 0.6) is 11.5 Å². The normalized spacial score (nSPS) is 22.5. The number of anilines is 1. The average Bonchev–Trinajstić information content (AvgIpc) is 3.23. The summed E-state index contributed by atoms with van der Waals surface area (Å²) in [4.78, 5) is 32.5. The zero-order valence-electron chi connectivity index (χ0n) is 25.2. The average molecular weight is 614 g/mol. The van der Waals surface area contributed by atoms with Crippen LogP contribution in [0.4, 0.5) is 5.82 Å². The van der Waals surface area contributed by atoms with Gasteiger partial charge >= 0.3 is 5.69 Å². The van der Waals surface area contributed by atoms with Gasteiger partial charge in [0.05, 0.1) is 33.5 Å². The van der Waals surface area contributed by atoms with Crippen LogP contribution in [0.15, 0.2) is 95.9 Å². The molecule has 3 heterocycles. The van der Waals surface area contributed by atoms with Gasteiger partial charge in [-0.15, -0.1) is 0 Å². The van der Waals surface area contributed by atoms with Gasteiger partial charge in [0.2, 0.25) is 5.91 Å². The van der Waals surface area contributed by atoms with E-state index in [2.05, 4.69) is 9.97 Å². The Hall–Kier alpha value is -4.55. The molecular formula is C34H35N3O8. The fraction of sp³-hybridized carbons (Fsp3) is 0.324. The van der Waals surface area contributed by atoms with Crippen molar-refractivity contribution in [3.8, 4) is 11.5 Å². The van der Waals surface area contributed by atoms with E-state index in [-0.39, 0.29) is 31.4 Å². The summed E-state index contributed by atoms with van der Waals surface area (Å²) in [6.45, 7) is 1.31. The number of benzene rings is 3. The summed E-state index contributed by atoms with van der Waals surface area (Å²) >= 11 is 0. The highest BCUT2D eigenvalue weighted by atomic mass is 16.6. The summed E-state index contributed by atoms with van der Waals surface area (Å²) in [5.74, 6) is 1.25. The predicted octanol–water partition coefficient (Wildman–Crippen LogP) is 3.39. The van der Waals surface area contributed by atoms with Gasteiger partial charge in [-0.1, -0.05) is 54.6 Å². The van der Waals surface area contributed by atoms with Crippen molar-refractivity contribution < 1.29 is 33.6 Å². The second-order valence-corrected chi connectivity index (χ2v) is 11.1. The van der Waals surface area contributed by atoms with Crippen molar-refractivity contribution >= 4 is 11.7 Å². The summed E-state index contributed by atoms with van der Waals surface area (Å²) in [5, 5.41) is 11.5. The third kappa shape index (κ3) is 5.59. The lowest BCUT2D eigenvalue weighted by Crippen LogP contribution is -2.61. The van der Waals surface area contributed by atoms with Gasteiger partial charge in [-0.05, 0) is 47.0 Å². The van der Waals surface area contributed by atoms with Gasteiger partial charge in [0.1, 0.15) is 40.9 Å². The van der Waals surface area contributed by atoms with E-state index in [1.54, 1.807) is 14.2 Å². The Morgan fingerprint density at radius 3 is 2.13 bits per heavy atom. The molecule has 2 saturated heterocycles. The number of fused-ring (bicyclic) bond motifs is 2. The minimum absolute atomic E-state index is 0.0318. The topological polar surface area (TPSA) is 132 Å². The number of aliphatic hydroxyl groups excluding tert-OH is 1. The first-order valence-electron chi connectivity index (χ1n) is 14.6. The first-order valence-corrected chi connectivity index (χ1v) is 14.6. The van der Waals surface area contributed by atoms with Gasteiger partial charge in [0.15, 0.2) is 0 Å². The lowest BCUT2D eigenvalue weighted by atomic mass is 9.79. The van der Waals surface area contributed by atoms with Crippen LogP contribution in [-0.2, 0) is 24.6 Å². The Morgan fingerprint density at radius 2 is 1.58 bits per heavy atom. The van der Waals surface area contributed by atoms with Crippen LogP contribution in [-0.4, -0.2) is 72.5 Å². The summed E-state index contributed by atoms with van der Waals surface area (Å²) in [5.41, 5.74) is -0.638. The van der Waals surface area contributed by atoms with Crippen LogP contribution in [0, 0.1) is 0 Å². The SMILES string of the molecule is COc1ccc(C(OC[C@]23COC(C[C@H](N(C(C)=O)c4ccnc(=O)[nH]4)O2)[C@@H]3O)(c2ccccc2)c2ccc(OC)cc2)cc1. The monoisotopic (exact) mass is 613 g/mol. The second kappa shape index (κ2) is 12.4. The maximum Gasteiger partial charge on any atom is 0.346 e. The van der Waals surface area contributed by atoms with Crippen molar-refractivity contribution in [3.05, 3.63) is 118 Å². The smallest absolute Gasteiger partial charge is 0.346 e. The molecule has 6 rings (SSSR count). The van der Waals surface area contributed by atoms with Gasteiger partial charge in [-0.3, -0.25) is 14.7 Å². The Bertz CT molecular complexity index is 1630. The highest BCUT2D eigenvalue weighted by molar-refractivity contribution is 5.90. The lowest BCUT2D eigenvalue weighted by Gasteiger charge is -2.45. The van der Waals surface area contributed by atoms with Gasteiger partial charge in [0, 0.05) is 19.5 Å². The summed E-state index contributed by atoms with van der Waals surface area (Å²) in [7, 11) is 3.22. The van der Waals surface area contributed by atoms with E-state index < -0.39 is 35.3 Å². The molecule has 1 unspecified atom stereocenters. The molecule has 234 valence electrons. The summed E-state index contributed by atoms with van der Waals surface area (Å²) in [6, 6.07) is 26.6. The van der Waals surface area contributed by atoms with E-state index in [1.165, 1.54) is 24.1 Å². The number of amides is 1. The molecule has 2 aliphatic heterocycles. The number of hydrogen-bond donors (Lipinski definition) is 2. The van der Waals surface area contributed by atoms with Crippen molar-refractivity contribution in [1.82, 2.24) is 9.97 Å². The van der Waals surface area contributed by atoms with E-state index in [9.17, 15) is 14.7 Å². The largest absolute Gasteiger partial charge is 0.497 e. The molecule has 4 atom stereocenters. The van der Waals surface area contributed by atoms with Crippen LogP contribution in [0.25, 0.3) is 0 Å². The van der Waals surface area contributed by atoms with Crippen LogP contribution in [0.1, 0.15) is 30.0 Å². The van der Waals surface area contributed by atoms with Gasteiger partial charge < -0.3 is 28.8 Å². The van der Waals surface area contributed by atoms with Crippen LogP contribution < -0.4 is 20.1 Å². The number of aliphatic hydroxyl groups is 1. The second-order valence-electron chi connectivity index (χ2n) is 11.1. The molecular weight excluding hydrogens is 578 g/mol. The van der Waals surface area contributed by atoms with Crippen molar-refractivity contribution in [2.45, 2.75) is 43.0 Å². The van der Waals surface area contributed by atoms with E-state index in [1.807, 2.05) is 78.9 Å². The molecule has 0 radical (unpaired) electrons. The molecule has 45 heavy (non-hydrogen) atoms. The number of nitrogens with zero attached hydrogens (tertiary/aromatic N) is 2. The van der Waals surface area contributed by atoms with E-state index in [0.29, 0.717) is 11.5 Å². The zero-order chi connectivity index (χ0) is 31.6. The van der Waals surface area contributed by atoms with Crippen LogP contribution >= 0.6 is 0 Å². The van der Waals surface area contributed by atoms with Crippen molar-refractivity contribution in [2.24, 2.45) is 0 Å². The van der Waals surface area contributed by atoms with E-state index in [4.69, 9.17) is 23.7 Å². The molecule has 0 saturated carbocycles. The first-order chi connectivity index (χ1) is 21.8. The molecule has 4 aromatic rings. The molecule has 1 aromatic heterocycles. The van der Waals surface area contributed by atoms with E-state index in [0.717, 1.165) is 16.7 Å². The first kappa shape index (κ1) is 30.5. The molecule has 2 fully saturated rings. The minimum Gasteiger partial charge on any atom is -0.497 e. The number of rotatable bonds is 10. The Labute approximate surface area is 260 Å². The highest BCUT2D eigenvalue weighted by Crippen LogP contribution is 2.45. The Morgan fingerprint density at radius 1 is 0.978 bits per heavy atom. The summed E-state index contributed by atoms with van der Waals surface area (Å²) < 4.78 is 30.6. The third-order valence-electron chi connectivity index (χ3n) is 8.49. The number of hydrogen-bond acceptors (Lipinski definition) is 9. The third-order valence-corrected chi connectivity index (χ3v) is 8.49. The fourth-order valence-electron chi connectivity index (χ4n) is 6.23. The number of nitrogens with one attached hydrogen (secondary N) is 1. The zero-order valence-corrected chi connectivity index (χ0v) is 25.2. The van der Waals surface area contributed by atoms with E-state index >= 15 is 0 Å². The molecule has 2 bridgehead atoms. The fourth-order valence-corrected chi connectivity index (χ4v) is 6.23. The van der Waals surface area contributed by atoms with Crippen molar-refractivity contribution in [3.63, 3.8) is 0 Å². The highest BCUT2D eigenvalue weighted by Gasteiger charge is 2.58. The maximum atomic E-state index is 12.9. The number of carbonyl (C=O) groups excluding carboxylic acids is 1. The van der Waals surface area contributed by atoms with Gasteiger partial charge in [-0.25, -0.2) is 9.78 Å². The Balaban J connectivity index is 1.43. The van der Waals surface area contributed by atoms with Gasteiger partial charge in [0.25, 0.3) is 0 Å². The van der Waals surface area contributed by atoms with Crippen molar-refractivity contribution in [2.75, 3.05) is 32.3 Å². The number of methoxy groups -OCH3 is 2. The molecule has 3 aromatic carbocycles.